The van der Waals surface area contributed by atoms with Crippen LogP contribution < -0.4 is 4.74 Å². The van der Waals surface area contributed by atoms with Gasteiger partial charge in [0.25, 0.3) is 5.91 Å². The smallest absolute Gasteiger partial charge is 0.303 e. The predicted octanol–water partition coefficient (Wildman–Crippen LogP) is 2.56. The number of amides is 1. The van der Waals surface area contributed by atoms with Crippen molar-refractivity contribution >= 4 is 23.5 Å². The van der Waals surface area contributed by atoms with Gasteiger partial charge < -0.3 is 14.7 Å². The summed E-state index contributed by atoms with van der Waals surface area (Å²) in [6.45, 7) is 3.43. The third kappa shape index (κ3) is 3.04. The van der Waals surface area contributed by atoms with E-state index in [1.165, 1.54) is 0 Å². The molecule has 108 valence electrons. The first-order valence-electron chi connectivity index (χ1n) is 6.49. The summed E-state index contributed by atoms with van der Waals surface area (Å²) < 4.78 is 5.49. The van der Waals surface area contributed by atoms with Gasteiger partial charge in [0.2, 0.25) is 0 Å². The topological polar surface area (TPSA) is 66.8 Å². The van der Waals surface area contributed by atoms with Crippen molar-refractivity contribution in [3.63, 3.8) is 0 Å². The molecule has 0 saturated carbocycles. The Morgan fingerprint density at radius 3 is 2.90 bits per heavy atom. The summed E-state index contributed by atoms with van der Waals surface area (Å²) in [5, 5.41) is 8.93. The van der Waals surface area contributed by atoms with Crippen LogP contribution in [0.5, 0.6) is 5.75 Å². The summed E-state index contributed by atoms with van der Waals surface area (Å²) in [4.78, 5) is 24.1. The van der Waals surface area contributed by atoms with Gasteiger partial charge in [-0.1, -0.05) is 11.6 Å². The lowest BCUT2D eigenvalue weighted by Gasteiger charge is -2.10. The number of aliphatic carboxylic acids is 1. The van der Waals surface area contributed by atoms with Crippen molar-refractivity contribution in [3.8, 4) is 5.75 Å². The van der Waals surface area contributed by atoms with E-state index in [1.807, 2.05) is 6.92 Å². The van der Waals surface area contributed by atoms with Crippen LogP contribution in [0, 0.1) is 0 Å². The lowest BCUT2D eigenvalue weighted by atomic mass is 10.1. The van der Waals surface area contributed by atoms with Gasteiger partial charge in [0.15, 0.2) is 0 Å². The Kier molecular flexibility index (Phi) is 4.49. The Balaban J connectivity index is 2.06. The normalized spacial score (nSPS) is 13.5. The van der Waals surface area contributed by atoms with E-state index in [9.17, 15) is 9.59 Å². The third-order valence-corrected chi connectivity index (χ3v) is 3.51. The van der Waals surface area contributed by atoms with E-state index in [1.54, 1.807) is 17.0 Å². The summed E-state index contributed by atoms with van der Waals surface area (Å²) in [5.41, 5.74) is 1.52. The van der Waals surface area contributed by atoms with Gasteiger partial charge in [-0.2, -0.15) is 0 Å². The molecule has 0 aromatic heterocycles. The van der Waals surface area contributed by atoms with Crippen LogP contribution in [0.15, 0.2) is 12.1 Å². The lowest BCUT2D eigenvalue weighted by Crippen LogP contribution is -2.22. The summed E-state index contributed by atoms with van der Waals surface area (Å²) in [6.07, 6.45) is 0.480. The van der Waals surface area contributed by atoms with Gasteiger partial charge in [0.05, 0.1) is 11.6 Å². The maximum atomic E-state index is 12.0. The largest absolute Gasteiger partial charge is 0.492 e. The second-order valence-electron chi connectivity index (χ2n) is 4.60. The Morgan fingerprint density at radius 2 is 2.25 bits per heavy atom. The fraction of sp³-hybridized carbons (Fsp3) is 0.429. The molecule has 1 aromatic rings. The zero-order valence-electron chi connectivity index (χ0n) is 11.2. The molecule has 0 saturated heterocycles. The maximum absolute atomic E-state index is 12.0. The average Bonchev–Trinajstić information content (AvgIpc) is 2.71. The summed E-state index contributed by atoms with van der Waals surface area (Å²) in [6, 6.07) is 3.40. The zero-order valence-corrected chi connectivity index (χ0v) is 11.9. The molecule has 0 spiro atoms. The van der Waals surface area contributed by atoms with Crippen molar-refractivity contribution in [2.75, 3.05) is 13.2 Å². The van der Waals surface area contributed by atoms with Gasteiger partial charge in [-0.25, -0.2) is 0 Å². The molecule has 0 radical (unpaired) electrons. The lowest BCUT2D eigenvalue weighted by molar-refractivity contribution is -0.137. The van der Waals surface area contributed by atoms with E-state index in [4.69, 9.17) is 21.4 Å². The Labute approximate surface area is 122 Å². The van der Waals surface area contributed by atoms with E-state index >= 15 is 0 Å². The minimum absolute atomic E-state index is 0.0122. The van der Waals surface area contributed by atoms with Crippen molar-refractivity contribution in [1.82, 2.24) is 4.90 Å². The van der Waals surface area contributed by atoms with Gasteiger partial charge >= 0.3 is 5.97 Å². The summed E-state index contributed by atoms with van der Waals surface area (Å²) >= 11 is 6.09. The van der Waals surface area contributed by atoms with Gasteiger partial charge in [0.1, 0.15) is 5.75 Å². The molecule has 6 heteroatoms. The molecule has 1 aliphatic heterocycles. The molecular weight excluding hydrogens is 282 g/mol. The molecule has 0 fully saturated rings. The fourth-order valence-electron chi connectivity index (χ4n) is 2.14. The molecule has 1 aliphatic rings. The highest BCUT2D eigenvalue weighted by Gasteiger charge is 2.27. The molecule has 1 heterocycles. The number of carbonyl (C=O) groups excluding carboxylic acids is 1. The predicted molar refractivity (Wildman–Crippen MR) is 74.2 cm³/mol. The highest BCUT2D eigenvalue weighted by atomic mass is 35.5. The van der Waals surface area contributed by atoms with Crippen LogP contribution in [-0.2, 0) is 11.3 Å². The Morgan fingerprint density at radius 1 is 1.50 bits per heavy atom. The molecule has 0 atom stereocenters. The van der Waals surface area contributed by atoms with E-state index in [0.717, 1.165) is 5.56 Å². The number of rotatable bonds is 6. The number of ether oxygens (including phenoxy) is 1. The molecule has 0 aliphatic carbocycles. The van der Waals surface area contributed by atoms with Crippen LogP contribution in [0.1, 0.15) is 35.7 Å². The first-order chi connectivity index (χ1) is 9.52. The van der Waals surface area contributed by atoms with Crippen molar-refractivity contribution in [3.05, 3.63) is 28.3 Å². The van der Waals surface area contributed by atoms with E-state index < -0.39 is 5.97 Å². The molecule has 20 heavy (non-hydrogen) atoms. The Bertz CT molecular complexity index is 544. The SMILES string of the molecule is CCN1Cc2cc(OCCCC(=O)O)c(Cl)cc2C1=O. The first-order valence-corrected chi connectivity index (χ1v) is 6.87. The van der Waals surface area contributed by atoms with Gasteiger partial charge in [-0.05, 0) is 31.0 Å². The van der Waals surface area contributed by atoms with Crippen molar-refractivity contribution in [2.24, 2.45) is 0 Å². The molecule has 0 bridgehead atoms. The second-order valence-corrected chi connectivity index (χ2v) is 5.01. The monoisotopic (exact) mass is 297 g/mol. The molecular formula is C14H16ClNO4. The number of carboxylic acid groups (broad SMARTS) is 1. The zero-order chi connectivity index (χ0) is 14.7. The Hall–Kier alpha value is -1.75. The van der Waals surface area contributed by atoms with Crippen LogP contribution in [0.2, 0.25) is 5.02 Å². The molecule has 1 amide bonds. The van der Waals surface area contributed by atoms with Crippen molar-refractivity contribution in [1.29, 1.82) is 0 Å². The van der Waals surface area contributed by atoms with Crippen LogP contribution in [0.3, 0.4) is 0 Å². The van der Waals surface area contributed by atoms with E-state index in [-0.39, 0.29) is 18.9 Å². The van der Waals surface area contributed by atoms with Crippen LogP contribution in [0.25, 0.3) is 0 Å². The number of nitrogens with zero attached hydrogens (tertiary/aromatic N) is 1. The summed E-state index contributed by atoms with van der Waals surface area (Å²) in [7, 11) is 0. The van der Waals surface area contributed by atoms with Gasteiger partial charge in [-0.15, -0.1) is 0 Å². The van der Waals surface area contributed by atoms with Crippen LogP contribution >= 0.6 is 11.6 Å². The fourth-order valence-corrected chi connectivity index (χ4v) is 2.36. The maximum Gasteiger partial charge on any atom is 0.303 e. The molecule has 5 nitrogen and oxygen atoms in total. The number of hydrogen-bond donors (Lipinski definition) is 1. The molecule has 2 rings (SSSR count). The number of halogens is 1. The number of benzene rings is 1. The third-order valence-electron chi connectivity index (χ3n) is 3.21. The molecule has 1 N–H and O–H groups in total. The number of hydrogen-bond acceptors (Lipinski definition) is 3. The number of carboxylic acids is 1. The van der Waals surface area contributed by atoms with Gasteiger partial charge in [-0.3, -0.25) is 9.59 Å². The van der Waals surface area contributed by atoms with Crippen LogP contribution in [0.4, 0.5) is 0 Å². The van der Waals surface area contributed by atoms with Crippen LogP contribution in [-0.4, -0.2) is 35.0 Å². The number of carbonyl (C=O) groups is 2. The second kappa shape index (κ2) is 6.13. The highest BCUT2D eigenvalue weighted by molar-refractivity contribution is 6.32. The average molecular weight is 298 g/mol. The quantitative estimate of drug-likeness (QED) is 0.820. The molecule has 1 aromatic carbocycles. The van der Waals surface area contributed by atoms with E-state index in [2.05, 4.69) is 0 Å². The first kappa shape index (κ1) is 14.7. The summed E-state index contributed by atoms with van der Waals surface area (Å²) in [5.74, 6) is -0.360. The highest BCUT2D eigenvalue weighted by Crippen LogP contribution is 2.33. The van der Waals surface area contributed by atoms with Crippen molar-refractivity contribution < 1.29 is 19.4 Å². The standard InChI is InChI=1S/C14H16ClNO4/c1-2-16-8-9-6-12(20-5-3-4-13(17)18)11(15)7-10(9)14(16)19/h6-7H,2-5,8H2,1H3,(H,17,18). The van der Waals surface area contributed by atoms with E-state index in [0.29, 0.717) is 35.8 Å². The molecule has 0 unspecified atom stereocenters. The number of fused-ring (bicyclic) bond motifs is 1. The minimum Gasteiger partial charge on any atom is -0.492 e. The van der Waals surface area contributed by atoms with Crippen molar-refractivity contribution in [2.45, 2.75) is 26.3 Å². The van der Waals surface area contributed by atoms with Gasteiger partial charge in [0, 0.05) is 25.1 Å². The minimum atomic E-state index is -0.849.